The lowest BCUT2D eigenvalue weighted by Gasteiger charge is -2.21. The van der Waals surface area contributed by atoms with E-state index in [1.807, 2.05) is 6.20 Å². The maximum atomic E-state index is 13.8. The Kier molecular flexibility index (Phi) is 5.93. The summed E-state index contributed by atoms with van der Waals surface area (Å²) in [5.74, 6) is -1.57. The third-order valence-electron chi connectivity index (χ3n) is 6.29. The smallest absolute Gasteiger partial charge is 0.256 e. The molecule has 1 aromatic carbocycles. The average Bonchev–Trinajstić information content (AvgIpc) is 3.47. The molecule has 3 aromatic rings. The number of nitrogens with zero attached hydrogens (tertiary/aromatic N) is 4. The maximum absolute atomic E-state index is 13.8. The first-order valence-electron chi connectivity index (χ1n) is 11.4. The van der Waals surface area contributed by atoms with E-state index in [0.29, 0.717) is 24.3 Å². The lowest BCUT2D eigenvalue weighted by molar-refractivity contribution is 0.0149. The molecule has 1 unspecified atom stereocenters. The Morgan fingerprint density at radius 3 is 2.70 bits per heavy atom. The van der Waals surface area contributed by atoms with Gasteiger partial charge in [-0.1, -0.05) is 0 Å². The lowest BCUT2D eigenvalue weighted by atomic mass is 10.0. The van der Waals surface area contributed by atoms with Gasteiger partial charge >= 0.3 is 0 Å². The molecule has 3 aliphatic rings. The van der Waals surface area contributed by atoms with Crippen LogP contribution in [0.4, 0.5) is 8.78 Å². The normalized spacial score (nSPS) is 19.8. The fourth-order valence-corrected chi connectivity index (χ4v) is 4.34. The summed E-state index contributed by atoms with van der Waals surface area (Å²) in [5.41, 5.74) is 2.89. The Morgan fingerprint density at radius 2 is 1.97 bits per heavy atom. The van der Waals surface area contributed by atoms with Gasteiger partial charge < -0.3 is 9.64 Å². The van der Waals surface area contributed by atoms with Crippen LogP contribution in [-0.4, -0.2) is 39.2 Å². The number of carbonyl (C=O) groups excluding carboxylic acids is 1. The van der Waals surface area contributed by atoms with Crippen molar-refractivity contribution in [3.63, 3.8) is 0 Å². The third-order valence-corrected chi connectivity index (χ3v) is 6.29. The zero-order valence-electron chi connectivity index (χ0n) is 18.5. The number of ether oxygens (including phenoxy) is 1. The Labute approximate surface area is 191 Å². The highest BCUT2D eigenvalue weighted by Crippen LogP contribution is 2.36. The minimum absolute atomic E-state index is 0.141. The second kappa shape index (κ2) is 9.02. The van der Waals surface area contributed by atoms with Crippen molar-refractivity contribution >= 4 is 5.91 Å². The summed E-state index contributed by atoms with van der Waals surface area (Å²) < 4.78 is 34.6. The van der Waals surface area contributed by atoms with Crippen molar-refractivity contribution < 1.29 is 18.3 Å². The molecule has 1 saturated heterocycles. The number of hydrogen-bond donors (Lipinski definition) is 0. The topological polar surface area (TPSA) is 60.2 Å². The largest absolute Gasteiger partial charge is 0.373 e. The molecule has 1 amide bonds. The highest BCUT2D eigenvalue weighted by molar-refractivity contribution is 6.03. The number of carbonyl (C=O) groups is 1. The summed E-state index contributed by atoms with van der Waals surface area (Å²) in [6.45, 7) is 1.39. The molecule has 0 bridgehead atoms. The molecule has 2 aliphatic heterocycles. The van der Waals surface area contributed by atoms with E-state index in [2.05, 4.69) is 21.0 Å². The summed E-state index contributed by atoms with van der Waals surface area (Å²) in [6, 6.07) is 5.68. The van der Waals surface area contributed by atoms with Crippen LogP contribution in [0.25, 0.3) is 11.3 Å². The zero-order valence-corrected chi connectivity index (χ0v) is 18.5. The summed E-state index contributed by atoms with van der Waals surface area (Å²) in [4.78, 5) is 17.7. The number of rotatable bonds is 3. The van der Waals surface area contributed by atoms with Gasteiger partial charge in [-0.25, -0.2) is 8.78 Å². The van der Waals surface area contributed by atoms with E-state index in [0.717, 1.165) is 30.7 Å². The minimum Gasteiger partial charge on any atom is -0.373 e. The van der Waals surface area contributed by atoms with Gasteiger partial charge in [0.1, 0.15) is 11.6 Å². The van der Waals surface area contributed by atoms with E-state index in [1.54, 1.807) is 13.1 Å². The Balaban J connectivity index is 0.000000144. The molecule has 0 spiro atoms. The zero-order chi connectivity index (χ0) is 22.9. The van der Waals surface area contributed by atoms with Crippen LogP contribution < -0.4 is 0 Å². The number of benzene rings is 1. The Hall–Kier alpha value is -3.13. The summed E-state index contributed by atoms with van der Waals surface area (Å²) in [5, 5.41) is 4.39. The van der Waals surface area contributed by atoms with Crippen molar-refractivity contribution in [3.05, 3.63) is 71.2 Å². The van der Waals surface area contributed by atoms with Crippen LogP contribution in [0.2, 0.25) is 0 Å². The first kappa shape index (κ1) is 21.7. The van der Waals surface area contributed by atoms with Crippen LogP contribution in [0.3, 0.4) is 0 Å². The van der Waals surface area contributed by atoms with E-state index in [-0.39, 0.29) is 17.2 Å². The Morgan fingerprint density at radius 1 is 1.12 bits per heavy atom. The monoisotopic (exact) mass is 452 g/mol. The molecule has 1 aliphatic carbocycles. The van der Waals surface area contributed by atoms with Crippen molar-refractivity contribution in [2.45, 2.75) is 50.8 Å². The van der Waals surface area contributed by atoms with Crippen molar-refractivity contribution in [2.24, 2.45) is 0 Å². The van der Waals surface area contributed by atoms with E-state index in [1.165, 1.54) is 48.4 Å². The fraction of sp³-hybridized carbons (Fsp3) is 0.400. The highest BCUT2D eigenvalue weighted by Gasteiger charge is 2.29. The Bertz CT molecular complexity index is 1170. The van der Waals surface area contributed by atoms with Gasteiger partial charge in [0, 0.05) is 49.8 Å². The van der Waals surface area contributed by atoms with Gasteiger partial charge in [0.2, 0.25) is 0 Å². The molecule has 6 rings (SSSR count). The molecule has 2 fully saturated rings. The van der Waals surface area contributed by atoms with Gasteiger partial charge in [-0.05, 0) is 55.9 Å². The standard InChI is InChI=1S/C14H10F2N2O.C11H16N2O/c1-18-7-8-4-5-17-13(12(8)14(18)19)10-3-2-9(15)6-11(10)16;1-2-6-14-11(3-1)9-7-12-13(8-9)10-4-5-10/h2-6H,7H2,1H3;7-8,10-11H,1-6H2. The molecule has 1 saturated carbocycles. The molecule has 6 nitrogen and oxygen atoms in total. The van der Waals surface area contributed by atoms with Crippen molar-refractivity contribution in [2.75, 3.05) is 13.7 Å². The SMILES string of the molecule is CN1Cc2ccnc(-c3ccc(F)cc3F)c2C1=O.c1nn(C2CC2)cc1C1CCCCO1. The van der Waals surface area contributed by atoms with E-state index in [4.69, 9.17) is 4.74 Å². The summed E-state index contributed by atoms with van der Waals surface area (Å²) >= 11 is 0. The quantitative estimate of drug-likeness (QED) is 0.557. The minimum atomic E-state index is -0.719. The number of halogens is 2. The molecular formula is C25H26F2N4O2. The number of amides is 1. The molecule has 1 atom stereocenters. The van der Waals surface area contributed by atoms with Gasteiger partial charge in [0.15, 0.2) is 0 Å². The molecule has 8 heteroatoms. The number of hydrogen-bond acceptors (Lipinski definition) is 4. The first-order valence-corrected chi connectivity index (χ1v) is 11.4. The molecule has 0 radical (unpaired) electrons. The molecule has 0 N–H and O–H groups in total. The predicted molar refractivity (Wildman–Crippen MR) is 118 cm³/mol. The molecular weight excluding hydrogens is 426 g/mol. The van der Waals surface area contributed by atoms with Gasteiger partial charge in [-0.15, -0.1) is 0 Å². The van der Waals surface area contributed by atoms with Crippen molar-refractivity contribution in [1.29, 1.82) is 0 Å². The molecule has 4 heterocycles. The van der Waals surface area contributed by atoms with Crippen LogP contribution in [0.1, 0.15) is 65.7 Å². The predicted octanol–water partition coefficient (Wildman–Crippen LogP) is 5.07. The van der Waals surface area contributed by atoms with E-state index < -0.39 is 11.6 Å². The van der Waals surface area contributed by atoms with Crippen LogP contribution >= 0.6 is 0 Å². The van der Waals surface area contributed by atoms with Crippen molar-refractivity contribution in [1.82, 2.24) is 19.7 Å². The van der Waals surface area contributed by atoms with Crippen molar-refractivity contribution in [3.8, 4) is 11.3 Å². The maximum Gasteiger partial charge on any atom is 0.256 e. The lowest BCUT2D eigenvalue weighted by Crippen LogP contribution is -2.18. The van der Waals surface area contributed by atoms with Crippen LogP contribution in [-0.2, 0) is 11.3 Å². The van der Waals surface area contributed by atoms with Gasteiger partial charge in [-0.2, -0.15) is 5.10 Å². The number of aromatic nitrogens is 3. The fourth-order valence-electron chi connectivity index (χ4n) is 4.34. The number of pyridine rings is 1. The molecule has 172 valence electrons. The number of fused-ring (bicyclic) bond motifs is 1. The molecule has 2 aromatic heterocycles. The third kappa shape index (κ3) is 4.53. The van der Waals surface area contributed by atoms with Crippen LogP contribution in [0.5, 0.6) is 0 Å². The van der Waals surface area contributed by atoms with E-state index >= 15 is 0 Å². The van der Waals surface area contributed by atoms with Gasteiger partial charge in [-0.3, -0.25) is 14.5 Å². The first-order chi connectivity index (χ1) is 16.0. The summed E-state index contributed by atoms with van der Waals surface area (Å²) in [6.07, 6.45) is 12.3. The second-order valence-corrected chi connectivity index (χ2v) is 8.82. The van der Waals surface area contributed by atoms with Gasteiger partial charge in [0.25, 0.3) is 5.91 Å². The van der Waals surface area contributed by atoms with Crippen LogP contribution in [0, 0.1) is 11.6 Å². The highest BCUT2D eigenvalue weighted by atomic mass is 19.1. The average molecular weight is 453 g/mol. The van der Waals surface area contributed by atoms with E-state index in [9.17, 15) is 13.6 Å². The van der Waals surface area contributed by atoms with Crippen LogP contribution in [0.15, 0.2) is 42.9 Å². The molecule has 33 heavy (non-hydrogen) atoms. The van der Waals surface area contributed by atoms with Gasteiger partial charge in [0.05, 0.1) is 29.6 Å². The second-order valence-electron chi connectivity index (χ2n) is 8.82. The summed E-state index contributed by atoms with van der Waals surface area (Å²) in [7, 11) is 1.67.